The van der Waals surface area contributed by atoms with Crippen molar-refractivity contribution < 1.29 is 9.53 Å². The number of carbonyl (C=O) groups excluding carboxylic acids is 1. The summed E-state index contributed by atoms with van der Waals surface area (Å²) < 4.78 is 5.26. The maximum absolute atomic E-state index is 11.1. The Bertz CT molecular complexity index is 405. The molecule has 0 aromatic heterocycles. The Morgan fingerprint density at radius 2 is 2.22 bits per heavy atom. The van der Waals surface area contributed by atoms with Crippen LogP contribution in [-0.4, -0.2) is 19.6 Å². The first-order valence-electron chi connectivity index (χ1n) is 6.30. The van der Waals surface area contributed by atoms with E-state index >= 15 is 0 Å². The molecule has 4 heteroatoms. The number of primary amides is 1. The van der Waals surface area contributed by atoms with Crippen LogP contribution in [0, 0.1) is 5.92 Å². The fourth-order valence-corrected chi connectivity index (χ4v) is 1.88. The van der Waals surface area contributed by atoms with Gasteiger partial charge in [0.1, 0.15) is 5.75 Å². The topological polar surface area (TPSA) is 64.3 Å². The summed E-state index contributed by atoms with van der Waals surface area (Å²) in [5.74, 6) is 0.878. The molecule has 4 nitrogen and oxygen atoms in total. The van der Waals surface area contributed by atoms with Gasteiger partial charge in [-0.25, -0.2) is 0 Å². The van der Waals surface area contributed by atoms with Gasteiger partial charge in [-0.2, -0.15) is 0 Å². The molecular formula is C14H22N2O2. The van der Waals surface area contributed by atoms with Crippen molar-refractivity contribution in [1.29, 1.82) is 0 Å². The number of anilines is 1. The van der Waals surface area contributed by atoms with Crippen LogP contribution >= 0.6 is 0 Å². The molecule has 1 unspecified atom stereocenters. The molecule has 0 saturated heterocycles. The smallest absolute Gasteiger partial charge is 0.248 e. The van der Waals surface area contributed by atoms with E-state index in [-0.39, 0.29) is 0 Å². The number of nitrogens with two attached hydrogens (primary N) is 1. The molecule has 0 spiro atoms. The lowest BCUT2D eigenvalue weighted by Gasteiger charge is -2.15. The molecule has 1 amide bonds. The van der Waals surface area contributed by atoms with Gasteiger partial charge in [-0.1, -0.05) is 20.3 Å². The van der Waals surface area contributed by atoms with Gasteiger partial charge in [-0.3, -0.25) is 4.79 Å². The summed E-state index contributed by atoms with van der Waals surface area (Å²) >= 11 is 0. The molecule has 100 valence electrons. The van der Waals surface area contributed by atoms with E-state index in [0.717, 1.165) is 18.0 Å². The predicted octanol–water partition coefficient (Wildman–Crippen LogP) is 2.64. The quantitative estimate of drug-likeness (QED) is 0.782. The minimum Gasteiger partial charge on any atom is -0.495 e. The standard InChI is InChI=1S/C14H22N2O2/c1-4-5-10(2)9-16-12-8-11(14(15)17)6-7-13(12)18-3/h6-8,10,16H,4-5,9H2,1-3H3,(H2,15,17). The fraction of sp³-hybridized carbons (Fsp3) is 0.500. The zero-order chi connectivity index (χ0) is 13.5. The molecule has 0 bridgehead atoms. The van der Waals surface area contributed by atoms with Crippen LogP contribution in [0.3, 0.4) is 0 Å². The summed E-state index contributed by atoms with van der Waals surface area (Å²) in [6, 6.07) is 5.16. The van der Waals surface area contributed by atoms with Crippen molar-refractivity contribution in [3.05, 3.63) is 23.8 Å². The molecule has 0 radical (unpaired) electrons. The van der Waals surface area contributed by atoms with Crippen LogP contribution in [-0.2, 0) is 0 Å². The van der Waals surface area contributed by atoms with Gasteiger partial charge in [-0.15, -0.1) is 0 Å². The lowest BCUT2D eigenvalue weighted by molar-refractivity contribution is 0.100. The van der Waals surface area contributed by atoms with Crippen LogP contribution in [0.15, 0.2) is 18.2 Å². The van der Waals surface area contributed by atoms with Crippen LogP contribution in [0.4, 0.5) is 5.69 Å². The molecule has 1 atom stereocenters. The van der Waals surface area contributed by atoms with E-state index in [1.165, 1.54) is 12.8 Å². The molecule has 0 heterocycles. The summed E-state index contributed by atoms with van der Waals surface area (Å²) in [6.45, 7) is 5.22. The van der Waals surface area contributed by atoms with Gasteiger partial charge >= 0.3 is 0 Å². The van der Waals surface area contributed by atoms with Gasteiger partial charge in [0, 0.05) is 12.1 Å². The van der Waals surface area contributed by atoms with E-state index in [2.05, 4.69) is 19.2 Å². The maximum atomic E-state index is 11.1. The van der Waals surface area contributed by atoms with Crippen molar-refractivity contribution in [2.45, 2.75) is 26.7 Å². The summed E-state index contributed by atoms with van der Waals surface area (Å²) in [4.78, 5) is 11.1. The summed E-state index contributed by atoms with van der Waals surface area (Å²) in [5.41, 5.74) is 6.57. The SMILES string of the molecule is CCCC(C)CNc1cc(C(N)=O)ccc1OC. The van der Waals surface area contributed by atoms with Crippen LogP contribution in [0.25, 0.3) is 0 Å². The highest BCUT2D eigenvalue weighted by Gasteiger charge is 2.08. The molecule has 0 fully saturated rings. The van der Waals surface area contributed by atoms with Crippen molar-refractivity contribution >= 4 is 11.6 Å². The normalized spacial score (nSPS) is 11.9. The Hall–Kier alpha value is -1.71. The molecule has 0 aliphatic heterocycles. The molecule has 0 aliphatic rings. The second kappa shape index (κ2) is 6.89. The predicted molar refractivity (Wildman–Crippen MR) is 74.1 cm³/mol. The molecule has 1 rings (SSSR count). The van der Waals surface area contributed by atoms with E-state index in [1.807, 2.05) is 0 Å². The molecule has 1 aromatic carbocycles. The summed E-state index contributed by atoms with van der Waals surface area (Å²) in [5, 5.41) is 3.31. The Kier molecular flexibility index (Phi) is 5.49. The Balaban J connectivity index is 2.78. The number of benzene rings is 1. The number of ether oxygens (including phenoxy) is 1. The maximum Gasteiger partial charge on any atom is 0.248 e. The van der Waals surface area contributed by atoms with Gasteiger partial charge in [0.05, 0.1) is 12.8 Å². The Labute approximate surface area is 109 Å². The summed E-state index contributed by atoms with van der Waals surface area (Å²) in [6.07, 6.45) is 2.34. The van der Waals surface area contributed by atoms with Crippen molar-refractivity contribution in [3.8, 4) is 5.75 Å². The molecule has 0 saturated carbocycles. The van der Waals surface area contributed by atoms with E-state index in [4.69, 9.17) is 10.5 Å². The van der Waals surface area contributed by atoms with E-state index in [1.54, 1.807) is 25.3 Å². The first-order valence-corrected chi connectivity index (χ1v) is 6.30. The number of carbonyl (C=O) groups is 1. The third-order valence-corrected chi connectivity index (χ3v) is 2.91. The van der Waals surface area contributed by atoms with Crippen molar-refractivity contribution in [2.75, 3.05) is 19.0 Å². The zero-order valence-electron chi connectivity index (χ0n) is 11.3. The van der Waals surface area contributed by atoms with Crippen LogP contribution in [0.2, 0.25) is 0 Å². The Morgan fingerprint density at radius 3 is 2.78 bits per heavy atom. The van der Waals surface area contributed by atoms with E-state index in [9.17, 15) is 4.79 Å². The van der Waals surface area contributed by atoms with Gasteiger partial charge in [0.2, 0.25) is 5.91 Å². The monoisotopic (exact) mass is 250 g/mol. The average Bonchev–Trinajstić information content (AvgIpc) is 2.36. The van der Waals surface area contributed by atoms with Crippen molar-refractivity contribution in [3.63, 3.8) is 0 Å². The minimum atomic E-state index is -0.428. The fourth-order valence-electron chi connectivity index (χ4n) is 1.88. The number of nitrogens with one attached hydrogen (secondary N) is 1. The number of amides is 1. The summed E-state index contributed by atoms with van der Waals surface area (Å²) in [7, 11) is 1.61. The van der Waals surface area contributed by atoms with Gasteiger partial charge in [-0.05, 0) is 30.5 Å². The lowest BCUT2D eigenvalue weighted by Crippen LogP contribution is -2.14. The van der Waals surface area contributed by atoms with Gasteiger partial charge < -0.3 is 15.8 Å². The van der Waals surface area contributed by atoms with Gasteiger partial charge in [0.15, 0.2) is 0 Å². The first kappa shape index (κ1) is 14.4. The molecule has 18 heavy (non-hydrogen) atoms. The highest BCUT2D eigenvalue weighted by molar-refractivity contribution is 5.94. The van der Waals surface area contributed by atoms with Crippen molar-refractivity contribution in [1.82, 2.24) is 0 Å². The molecular weight excluding hydrogens is 228 g/mol. The largest absolute Gasteiger partial charge is 0.495 e. The van der Waals surface area contributed by atoms with Crippen LogP contribution in [0.1, 0.15) is 37.0 Å². The third kappa shape index (κ3) is 3.95. The third-order valence-electron chi connectivity index (χ3n) is 2.91. The van der Waals surface area contributed by atoms with E-state index in [0.29, 0.717) is 11.5 Å². The number of hydrogen-bond donors (Lipinski definition) is 2. The van der Waals surface area contributed by atoms with Crippen LogP contribution < -0.4 is 15.8 Å². The Morgan fingerprint density at radius 1 is 1.50 bits per heavy atom. The number of hydrogen-bond acceptors (Lipinski definition) is 3. The lowest BCUT2D eigenvalue weighted by atomic mass is 10.1. The zero-order valence-corrected chi connectivity index (χ0v) is 11.3. The average molecular weight is 250 g/mol. The number of methoxy groups -OCH3 is 1. The number of rotatable bonds is 7. The molecule has 3 N–H and O–H groups in total. The second-order valence-electron chi connectivity index (χ2n) is 4.55. The minimum absolute atomic E-state index is 0.428. The first-order chi connectivity index (χ1) is 8.58. The highest BCUT2D eigenvalue weighted by atomic mass is 16.5. The molecule has 1 aromatic rings. The second-order valence-corrected chi connectivity index (χ2v) is 4.55. The van der Waals surface area contributed by atoms with Gasteiger partial charge in [0.25, 0.3) is 0 Å². The highest BCUT2D eigenvalue weighted by Crippen LogP contribution is 2.25. The van der Waals surface area contributed by atoms with E-state index < -0.39 is 5.91 Å². The van der Waals surface area contributed by atoms with Crippen LogP contribution in [0.5, 0.6) is 5.75 Å². The van der Waals surface area contributed by atoms with Crippen molar-refractivity contribution in [2.24, 2.45) is 11.7 Å². The molecule has 0 aliphatic carbocycles.